The Hall–Kier alpha value is -2.34. The van der Waals surface area contributed by atoms with Crippen LogP contribution in [0.2, 0.25) is 5.02 Å². The predicted octanol–water partition coefficient (Wildman–Crippen LogP) is 3.66. The van der Waals surface area contributed by atoms with Crippen LogP contribution in [0.3, 0.4) is 0 Å². The maximum Gasteiger partial charge on any atom is 0.291 e. The number of hydrogen-bond donors (Lipinski definition) is 2. The summed E-state index contributed by atoms with van der Waals surface area (Å²) in [7, 11) is 0. The number of carbonyl (C=O) groups excluding carboxylic acids is 2. The number of fused-ring (bicyclic) bond motifs is 1. The number of benzene rings is 1. The number of nitrogens with zero attached hydrogens (tertiary/aromatic N) is 2. The highest BCUT2D eigenvalue weighted by atomic mass is 35.5. The van der Waals surface area contributed by atoms with Crippen molar-refractivity contribution < 1.29 is 9.59 Å². The fraction of sp³-hybridized carbons (Fsp3) is 0.421. The molecule has 0 atom stereocenters. The van der Waals surface area contributed by atoms with Crippen molar-refractivity contribution in [1.29, 1.82) is 0 Å². The molecule has 1 aromatic carbocycles. The van der Waals surface area contributed by atoms with Crippen LogP contribution < -0.4 is 10.6 Å². The SMILES string of the molecule is CCCCNC(=O)c1nc(C(=O)Nc2ccc(Cl)cc2)n2c1CCCC2. The van der Waals surface area contributed by atoms with E-state index >= 15 is 0 Å². The summed E-state index contributed by atoms with van der Waals surface area (Å²) in [5, 5.41) is 6.33. The molecule has 2 aromatic rings. The zero-order valence-electron chi connectivity index (χ0n) is 14.8. The molecule has 0 radical (unpaired) electrons. The average Bonchev–Trinajstić information content (AvgIpc) is 3.04. The van der Waals surface area contributed by atoms with Gasteiger partial charge in [-0.2, -0.15) is 0 Å². The fourth-order valence-electron chi connectivity index (χ4n) is 3.08. The van der Waals surface area contributed by atoms with Crippen LogP contribution in [0.25, 0.3) is 0 Å². The van der Waals surface area contributed by atoms with E-state index in [2.05, 4.69) is 22.5 Å². The van der Waals surface area contributed by atoms with Crippen LogP contribution in [0, 0.1) is 0 Å². The minimum Gasteiger partial charge on any atom is -0.351 e. The van der Waals surface area contributed by atoms with E-state index in [4.69, 9.17) is 11.6 Å². The lowest BCUT2D eigenvalue weighted by atomic mass is 10.1. The van der Waals surface area contributed by atoms with Gasteiger partial charge >= 0.3 is 0 Å². The Kier molecular flexibility index (Phi) is 5.93. The number of unbranched alkanes of at least 4 members (excludes halogenated alkanes) is 1. The van der Waals surface area contributed by atoms with Crippen LogP contribution in [0.15, 0.2) is 24.3 Å². The normalized spacial score (nSPS) is 13.2. The van der Waals surface area contributed by atoms with Gasteiger partial charge < -0.3 is 15.2 Å². The van der Waals surface area contributed by atoms with Crippen LogP contribution in [-0.4, -0.2) is 27.9 Å². The van der Waals surface area contributed by atoms with Crippen molar-refractivity contribution in [3.63, 3.8) is 0 Å². The molecule has 0 saturated heterocycles. The van der Waals surface area contributed by atoms with E-state index in [1.807, 2.05) is 4.57 Å². The smallest absolute Gasteiger partial charge is 0.291 e. The summed E-state index contributed by atoms with van der Waals surface area (Å²) in [6.45, 7) is 3.39. The number of nitrogens with one attached hydrogen (secondary N) is 2. The van der Waals surface area contributed by atoms with E-state index in [9.17, 15) is 9.59 Å². The molecule has 0 saturated carbocycles. The van der Waals surface area contributed by atoms with Gasteiger partial charge in [-0.05, 0) is 49.9 Å². The summed E-state index contributed by atoms with van der Waals surface area (Å²) in [6.07, 6.45) is 4.67. The number of halogens is 1. The van der Waals surface area contributed by atoms with Crippen LogP contribution in [0.5, 0.6) is 0 Å². The molecule has 1 aliphatic rings. The van der Waals surface area contributed by atoms with Gasteiger partial charge in [-0.1, -0.05) is 24.9 Å². The highest BCUT2D eigenvalue weighted by Gasteiger charge is 2.27. The van der Waals surface area contributed by atoms with E-state index in [0.717, 1.165) is 37.8 Å². The van der Waals surface area contributed by atoms with E-state index in [-0.39, 0.29) is 17.6 Å². The first-order valence-electron chi connectivity index (χ1n) is 9.04. The number of amides is 2. The van der Waals surface area contributed by atoms with Crippen molar-refractivity contribution in [2.45, 2.75) is 45.6 Å². The second-order valence-corrected chi connectivity index (χ2v) is 6.85. The molecule has 2 amide bonds. The van der Waals surface area contributed by atoms with Gasteiger partial charge in [0.2, 0.25) is 0 Å². The summed E-state index contributed by atoms with van der Waals surface area (Å²) in [5.41, 5.74) is 1.87. The first kappa shape index (κ1) is 18.5. The van der Waals surface area contributed by atoms with Crippen molar-refractivity contribution in [3.8, 4) is 0 Å². The molecule has 0 bridgehead atoms. The molecule has 26 heavy (non-hydrogen) atoms. The Morgan fingerprint density at radius 3 is 2.69 bits per heavy atom. The summed E-state index contributed by atoms with van der Waals surface area (Å²) in [6, 6.07) is 6.90. The number of carbonyl (C=O) groups is 2. The zero-order valence-corrected chi connectivity index (χ0v) is 15.6. The molecule has 7 heteroatoms. The standard InChI is InChI=1S/C19H23ClN4O2/c1-2-3-11-21-18(25)16-15-6-4-5-12-24(15)17(23-16)19(26)22-14-9-7-13(20)8-10-14/h7-10H,2-6,11-12H2,1H3,(H,21,25)(H,22,26). The first-order valence-corrected chi connectivity index (χ1v) is 9.42. The molecule has 0 unspecified atom stereocenters. The van der Waals surface area contributed by atoms with Crippen LogP contribution in [0.4, 0.5) is 5.69 Å². The molecule has 0 aliphatic carbocycles. The van der Waals surface area contributed by atoms with Gasteiger partial charge in [0, 0.05) is 23.8 Å². The monoisotopic (exact) mass is 374 g/mol. The molecule has 0 spiro atoms. The molecule has 3 rings (SSSR count). The third-order valence-electron chi connectivity index (χ3n) is 4.45. The summed E-state index contributed by atoms with van der Waals surface area (Å²) >= 11 is 5.88. The fourth-order valence-corrected chi connectivity index (χ4v) is 3.21. The quantitative estimate of drug-likeness (QED) is 0.757. The van der Waals surface area contributed by atoms with Crippen molar-refractivity contribution in [2.24, 2.45) is 0 Å². The number of aromatic nitrogens is 2. The van der Waals surface area contributed by atoms with Gasteiger partial charge in [-0.3, -0.25) is 9.59 Å². The molecule has 0 fully saturated rings. The Labute approximate surface area is 157 Å². The van der Waals surface area contributed by atoms with Gasteiger partial charge in [0.1, 0.15) is 5.69 Å². The third kappa shape index (κ3) is 4.07. The van der Waals surface area contributed by atoms with Crippen molar-refractivity contribution in [2.75, 3.05) is 11.9 Å². The van der Waals surface area contributed by atoms with Gasteiger partial charge in [0.25, 0.3) is 11.8 Å². The van der Waals surface area contributed by atoms with Crippen molar-refractivity contribution in [3.05, 3.63) is 46.5 Å². The van der Waals surface area contributed by atoms with E-state index in [1.54, 1.807) is 24.3 Å². The maximum atomic E-state index is 12.7. The number of anilines is 1. The minimum atomic E-state index is -0.317. The molecule has 1 aliphatic heterocycles. The lowest BCUT2D eigenvalue weighted by Gasteiger charge is -2.17. The molecule has 2 N–H and O–H groups in total. The lowest BCUT2D eigenvalue weighted by Crippen LogP contribution is -2.26. The number of hydrogen-bond acceptors (Lipinski definition) is 3. The van der Waals surface area contributed by atoms with E-state index in [1.165, 1.54) is 0 Å². The Morgan fingerprint density at radius 1 is 1.19 bits per heavy atom. The average molecular weight is 375 g/mol. The summed E-state index contributed by atoms with van der Waals surface area (Å²) < 4.78 is 1.88. The first-order chi connectivity index (χ1) is 12.6. The summed E-state index contributed by atoms with van der Waals surface area (Å²) in [5.74, 6) is -0.229. The molecule has 2 heterocycles. The summed E-state index contributed by atoms with van der Waals surface area (Å²) in [4.78, 5) is 29.6. The van der Waals surface area contributed by atoms with Crippen LogP contribution >= 0.6 is 11.6 Å². The van der Waals surface area contributed by atoms with Gasteiger partial charge in [0.05, 0.1) is 5.69 Å². The van der Waals surface area contributed by atoms with Gasteiger partial charge in [0.15, 0.2) is 5.82 Å². The Bertz CT molecular complexity index is 799. The van der Waals surface area contributed by atoms with E-state index < -0.39 is 0 Å². The molecule has 1 aromatic heterocycles. The molecular formula is C19H23ClN4O2. The predicted molar refractivity (Wildman–Crippen MR) is 102 cm³/mol. The lowest BCUT2D eigenvalue weighted by molar-refractivity contribution is 0.0947. The second-order valence-electron chi connectivity index (χ2n) is 6.41. The van der Waals surface area contributed by atoms with E-state index in [0.29, 0.717) is 29.5 Å². The highest BCUT2D eigenvalue weighted by Crippen LogP contribution is 2.22. The number of imidazole rings is 1. The number of rotatable bonds is 6. The molecule has 6 nitrogen and oxygen atoms in total. The topological polar surface area (TPSA) is 76.0 Å². The van der Waals surface area contributed by atoms with Crippen molar-refractivity contribution >= 4 is 29.1 Å². The Balaban J connectivity index is 1.83. The Morgan fingerprint density at radius 2 is 1.96 bits per heavy atom. The molecule has 138 valence electrons. The van der Waals surface area contributed by atoms with Gasteiger partial charge in [-0.15, -0.1) is 0 Å². The van der Waals surface area contributed by atoms with Crippen molar-refractivity contribution in [1.82, 2.24) is 14.9 Å². The van der Waals surface area contributed by atoms with Crippen LogP contribution in [0.1, 0.15) is 59.4 Å². The second kappa shape index (κ2) is 8.36. The molecular weight excluding hydrogens is 352 g/mol. The maximum absolute atomic E-state index is 12.7. The largest absolute Gasteiger partial charge is 0.351 e. The minimum absolute atomic E-state index is 0.199. The van der Waals surface area contributed by atoms with Crippen LogP contribution in [-0.2, 0) is 13.0 Å². The van der Waals surface area contributed by atoms with Gasteiger partial charge in [-0.25, -0.2) is 4.98 Å². The highest BCUT2D eigenvalue weighted by molar-refractivity contribution is 6.30. The third-order valence-corrected chi connectivity index (χ3v) is 4.71. The zero-order chi connectivity index (χ0) is 18.5.